The van der Waals surface area contributed by atoms with Crippen LogP contribution in [0.25, 0.3) is 0 Å². The van der Waals surface area contributed by atoms with Gasteiger partial charge in [-0.2, -0.15) is 0 Å². The fourth-order valence-electron chi connectivity index (χ4n) is 2.89. The van der Waals surface area contributed by atoms with Crippen LogP contribution in [0.1, 0.15) is 22.8 Å². The molecule has 0 aliphatic rings. The molecular weight excluding hydrogens is 400 g/mol. The van der Waals surface area contributed by atoms with Gasteiger partial charge in [0.15, 0.2) is 0 Å². The van der Waals surface area contributed by atoms with Crippen LogP contribution in [-0.2, 0) is 16.6 Å². The second-order valence-corrected chi connectivity index (χ2v) is 8.56. The molecule has 0 spiro atoms. The molecule has 3 aromatic carbocycles. The van der Waals surface area contributed by atoms with Crippen molar-refractivity contribution in [3.63, 3.8) is 0 Å². The van der Waals surface area contributed by atoms with Crippen LogP contribution < -0.4 is 14.4 Å². The molecule has 3 rings (SSSR count). The standard InChI is InChI=1S/C23H24N2O4S/c1-3-29-21-14-12-18(13-15-21)17-24-23(26)19-8-7-11-22(16-19)30(27,28)25(2)20-9-5-4-6-10-20/h4-16H,3,17H2,1-2H3,(H,24,26). The highest BCUT2D eigenvalue weighted by Crippen LogP contribution is 2.22. The summed E-state index contributed by atoms with van der Waals surface area (Å²) in [6.45, 7) is 2.83. The molecule has 1 N–H and O–H groups in total. The zero-order valence-electron chi connectivity index (χ0n) is 16.9. The van der Waals surface area contributed by atoms with Crippen LogP contribution in [0.3, 0.4) is 0 Å². The zero-order chi connectivity index (χ0) is 21.6. The SMILES string of the molecule is CCOc1ccc(CNC(=O)c2cccc(S(=O)(=O)N(C)c3ccccc3)c2)cc1. The van der Waals surface area contributed by atoms with Gasteiger partial charge in [0.2, 0.25) is 0 Å². The minimum absolute atomic E-state index is 0.0579. The lowest BCUT2D eigenvalue weighted by molar-refractivity contribution is 0.0950. The van der Waals surface area contributed by atoms with Gasteiger partial charge >= 0.3 is 0 Å². The molecule has 0 fully saturated rings. The van der Waals surface area contributed by atoms with E-state index in [9.17, 15) is 13.2 Å². The Morgan fingerprint density at radius 1 is 0.967 bits per heavy atom. The number of benzene rings is 3. The van der Waals surface area contributed by atoms with Gasteiger partial charge in [-0.25, -0.2) is 8.42 Å². The summed E-state index contributed by atoms with van der Waals surface area (Å²) >= 11 is 0. The normalized spacial score (nSPS) is 11.0. The van der Waals surface area contributed by atoms with E-state index in [1.807, 2.05) is 37.3 Å². The first-order valence-corrected chi connectivity index (χ1v) is 11.0. The average molecular weight is 425 g/mol. The lowest BCUT2D eigenvalue weighted by atomic mass is 10.2. The van der Waals surface area contributed by atoms with E-state index in [1.54, 1.807) is 36.4 Å². The summed E-state index contributed by atoms with van der Waals surface area (Å²) in [6, 6.07) is 22.3. The minimum atomic E-state index is -3.79. The maximum atomic E-state index is 13.0. The van der Waals surface area contributed by atoms with Crippen LogP contribution >= 0.6 is 0 Å². The Balaban J connectivity index is 1.72. The molecule has 0 aliphatic carbocycles. The Bertz CT molecular complexity index is 1100. The monoisotopic (exact) mass is 424 g/mol. The van der Waals surface area contributed by atoms with Crippen molar-refractivity contribution in [2.75, 3.05) is 18.0 Å². The van der Waals surface area contributed by atoms with E-state index < -0.39 is 10.0 Å². The molecule has 0 aromatic heterocycles. The molecule has 0 atom stereocenters. The number of para-hydroxylation sites is 1. The maximum Gasteiger partial charge on any atom is 0.264 e. The summed E-state index contributed by atoms with van der Waals surface area (Å²) in [5.41, 5.74) is 1.74. The summed E-state index contributed by atoms with van der Waals surface area (Å²) in [5, 5.41) is 2.82. The summed E-state index contributed by atoms with van der Waals surface area (Å²) in [4.78, 5) is 12.6. The molecule has 7 heteroatoms. The van der Waals surface area contributed by atoms with Crippen molar-refractivity contribution in [3.8, 4) is 5.75 Å². The first-order chi connectivity index (χ1) is 14.4. The highest BCUT2D eigenvalue weighted by molar-refractivity contribution is 7.92. The van der Waals surface area contributed by atoms with E-state index in [2.05, 4.69) is 5.32 Å². The third-order valence-electron chi connectivity index (χ3n) is 4.56. The van der Waals surface area contributed by atoms with E-state index in [1.165, 1.54) is 23.5 Å². The molecule has 30 heavy (non-hydrogen) atoms. The number of carbonyl (C=O) groups is 1. The number of amides is 1. The Hall–Kier alpha value is -3.32. The Labute approximate surface area is 177 Å². The number of hydrogen-bond acceptors (Lipinski definition) is 4. The van der Waals surface area contributed by atoms with Crippen molar-refractivity contribution in [1.29, 1.82) is 0 Å². The summed E-state index contributed by atoms with van der Waals surface area (Å²) < 4.78 is 32.5. The highest BCUT2D eigenvalue weighted by Gasteiger charge is 2.22. The van der Waals surface area contributed by atoms with Gasteiger partial charge in [0, 0.05) is 19.2 Å². The number of nitrogens with zero attached hydrogens (tertiary/aromatic N) is 1. The third-order valence-corrected chi connectivity index (χ3v) is 6.34. The number of anilines is 1. The van der Waals surface area contributed by atoms with Crippen LogP contribution in [0, 0.1) is 0 Å². The Morgan fingerprint density at radius 2 is 1.67 bits per heavy atom. The van der Waals surface area contributed by atoms with Crippen molar-refractivity contribution < 1.29 is 17.9 Å². The lowest BCUT2D eigenvalue weighted by Crippen LogP contribution is -2.27. The largest absolute Gasteiger partial charge is 0.494 e. The molecule has 0 radical (unpaired) electrons. The molecular formula is C23H24N2O4S. The van der Waals surface area contributed by atoms with E-state index in [-0.39, 0.29) is 16.4 Å². The quantitative estimate of drug-likeness (QED) is 0.596. The number of carbonyl (C=O) groups excluding carboxylic acids is 1. The number of sulfonamides is 1. The lowest BCUT2D eigenvalue weighted by Gasteiger charge is -2.19. The van der Waals surface area contributed by atoms with Gasteiger partial charge in [0.25, 0.3) is 15.9 Å². The van der Waals surface area contributed by atoms with Gasteiger partial charge in [-0.1, -0.05) is 36.4 Å². The van der Waals surface area contributed by atoms with Gasteiger partial charge in [0.05, 0.1) is 17.2 Å². The summed E-state index contributed by atoms with van der Waals surface area (Å²) in [7, 11) is -2.30. The summed E-state index contributed by atoms with van der Waals surface area (Å²) in [5.74, 6) is 0.427. The number of hydrogen-bond donors (Lipinski definition) is 1. The van der Waals surface area contributed by atoms with E-state index in [0.29, 0.717) is 18.8 Å². The van der Waals surface area contributed by atoms with Crippen LogP contribution in [0.5, 0.6) is 5.75 Å². The van der Waals surface area contributed by atoms with Gasteiger partial charge in [-0.05, 0) is 55.0 Å². The van der Waals surface area contributed by atoms with Crippen molar-refractivity contribution in [3.05, 3.63) is 90.0 Å². The predicted octanol–water partition coefficient (Wildman–Crippen LogP) is 3.84. The van der Waals surface area contributed by atoms with Crippen molar-refractivity contribution in [1.82, 2.24) is 5.32 Å². The molecule has 3 aromatic rings. The third kappa shape index (κ3) is 4.99. The molecule has 0 bridgehead atoms. The number of nitrogens with one attached hydrogen (secondary N) is 1. The second-order valence-electron chi connectivity index (χ2n) is 6.60. The predicted molar refractivity (Wildman–Crippen MR) is 117 cm³/mol. The van der Waals surface area contributed by atoms with E-state index in [4.69, 9.17) is 4.74 Å². The smallest absolute Gasteiger partial charge is 0.264 e. The second kappa shape index (κ2) is 9.45. The topological polar surface area (TPSA) is 75.7 Å². The minimum Gasteiger partial charge on any atom is -0.494 e. The molecule has 156 valence electrons. The van der Waals surface area contributed by atoms with Crippen LogP contribution in [-0.4, -0.2) is 28.0 Å². The number of rotatable bonds is 8. The van der Waals surface area contributed by atoms with E-state index >= 15 is 0 Å². The fraction of sp³-hybridized carbons (Fsp3) is 0.174. The van der Waals surface area contributed by atoms with Crippen LogP contribution in [0.2, 0.25) is 0 Å². The van der Waals surface area contributed by atoms with E-state index in [0.717, 1.165) is 11.3 Å². The molecule has 1 amide bonds. The molecule has 6 nitrogen and oxygen atoms in total. The Morgan fingerprint density at radius 3 is 2.33 bits per heavy atom. The highest BCUT2D eigenvalue weighted by atomic mass is 32.2. The molecule has 0 saturated heterocycles. The first-order valence-electron chi connectivity index (χ1n) is 9.56. The zero-order valence-corrected chi connectivity index (χ0v) is 17.7. The van der Waals surface area contributed by atoms with Crippen LogP contribution in [0.4, 0.5) is 5.69 Å². The van der Waals surface area contributed by atoms with Gasteiger partial charge in [-0.3, -0.25) is 9.10 Å². The molecule has 0 saturated carbocycles. The van der Waals surface area contributed by atoms with Gasteiger partial charge in [-0.15, -0.1) is 0 Å². The van der Waals surface area contributed by atoms with Crippen LogP contribution in [0.15, 0.2) is 83.8 Å². The van der Waals surface area contributed by atoms with Crippen molar-refractivity contribution >= 4 is 21.6 Å². The summed E-state index contributed by atoms with van der Waals surface area (Å²) in [6.07, 6.45) is 0. The fourth-order valence-corrected chi connectivity index (χ4v) is 4.13. The maximum absolute atomic E-state index is 13.0. The first kappa shape index (κ1) is 21.4. The average Bonchev–Trinajstić information content (AvgIpc) is 2.78. The number of ether oxygens (including phenoxy) is 1. The molecule has 0 unspecified atom stereocenters. The van der Waals surface area contributed by atoms with Crippen molar-refractivity contribution in [2.24, 2.45) is 0 Å². The Kier molecular flexibility index (Phi) is 6.74. The molecule has 0 heterocycles. The molecule has 0 aliphatic heterocycles. The van der Waals surface area contributed by atoms with Crippen molar-refractivity contribution in [2.45, 2.75) is 18.4 Å². The van der Waals surface area contributed by atoms with Gasteiger partial charge in [0.1, 0.15) is 5.75 Å². The van der Waals surface area contributed by atoms with Gasteiger partial charge < -0.3 is 10.1 Å².